The largest absolute Gasteiger partial charge is 0.317 e. The SMILES string of the molecule is C1CCC(C2CC(C3CCNCC3)NC(C3CCNCC3)C2)CC1. The molecule has 0 aromatic rings. The molecule has 2 unspecified atom stereocenters. The lowest BCUT2D eigenvalue weighted by Crippen LogP contribution is -2.55. The summed E-state index contributed by atoms with van der Waals surface area (Å²) in [7, 11) is 0. The molecular formula is C21H39N3. The van der Waals surface area contributed by atoms with Crippen molar-refractivity contribution in [2.75, 3.05) is 26.2 Å². The molecule has 0 amide bonds. The molecule has 2 atom stereocenters. The maximum absolute atomic E-state index is 4.21. The van der Waals surface area contributed by atoms with Crippen LogP contribution in [0.2, 0.25) is 0 Å². The Balaban J connectivity index is 1.44. The molecule has 3 heteroatoms. The van der Waals surface area contributed by atoms with E-state index in [1.165, 1.54) is 96.8 Å². The average molecular weight is 334 g/mol. The predicted molar refractivity (Wildman–Crippen MR) is 101 cm³/mol. The van der Waals surface area contributed by atoms with Crippen LogP contribution in [0, 0.1) is 23.7 Å². The van der Waals surface area contributed by atoms with Crippen molar-refractivity contribution < 1.29 is 0 Å². The van der Waals surface area contributed by atoms with Crippen molar-refractivity contribution in [3.05, 3.63) is 0 Å². The van der Waals surface area contributed by atoms with E-state index in [2.05, 4.69) is 16.0 Å². The molecule has 138 valence electrons. The van der Waals surface area contributed by atoms with Gasteiger partial charge < -0.3 is 16.0 Å². The maximum atomic E-state index is 4.21. The molecule has 0 aromatic heterocycles. The first kappa shape index (κ1) is 17.3. The van der Waals surface area contributed by atoms with Crippen LogP contribution in [0.5, 0.6) is 0 Å². The maximum Gasteiger partial charge on any atom is 0.0102 e. The van der Waals surface area contributed by atoms with Crippen LogP contribution in [0.4, 0.5) is 0 Å². The summed E-state index contributed by atoms with van der Waals surface area (Å²) in [5.74, 6) is 3.93. The van der Waals surface area contributed by atoms with Crippen LogP contribution >= 0.6 is 0 Å². The molecule has 3 nitrogen and oxygen atoms in total. The van der Waals surface area contributed by atoms with Crippen molar-refractivity contribution in [1.29, 1.82) is 0 Å². The van der Waals surface area contributed by atoms with Gasteiger partial charge >= 0.3 is 0 Å². The third-order valence-electron chi connectivity index (χ3n) is 7.76. The van der Waals surface area contributed by atoms with E-state index in [-0.39, 0.29) is 0 Å². The highest BCUT2D eigenvalue weighted by atomic mass is 15.0. The number of nitrogens with one attached hydrogen (secondary N) is 3. The highest BCUT2D eigenvalue weighted by molar-refractivity contribution is 4.96. The fourth-order valence-electron chi connectivity index (χ4n) is 6.30. The van der Waals surface area contributed by atoms with E-state index in [1.807, 2.05) is 0 Å². The zero-order valence-electron chi connectivity index (χ0n) is 15.6. The standard InChI is InChI=1S/C21H39N3/c1-2-4-16(5-3-1)19-14-20(17-6-10-22-11-7-17)24-21(15-19)18-8-12-23-13-9-18/h16-24H,1-15H2. The second-order valence-electron chi connectivity index (χ2n) is 9.18. The van der Waals surface area contributed by atoms with E-state index in [4.69, 9.17) is 0 Å². The Morgan fingerprint density at radius 1 is 0.458 bits per heavy atom. The molecule has 1 aliphatic carbocycles. The fraction of sp³-hybridized carbons (Fsp3) is 1.00. The highest BCUT2D eigenvalue weighted by Crippen LogP contribution is 2.41. The second-order valence-corrected chi connectivity index (χ2v) is 9.18. The number of hydrogen-bond acceptors (Lipinski definition) is 3. The Labute approximate surface area is 149 Å². The summed E-state index contributed by atoms with van der Waals surface area (Å²) in [4.78, 5) is 0. The summed E-state index contributed by atoms with van der Waals surface area (Å²) < 4.78 is 0. The van der Waals surface area contributed by atoms with Crippen molar-refractivity contribution in [3.63, 3.8) is 0 Å². The molecule has 3 saturated heterocycles. The average Bonchev–Trinajstić information content (AvgIpc) is 2.70. The highest BCUT2D eigenvalue weighted by Gasteiger charge is 2.39. The smallest absolute Gasteiger partial charge is 0.0102 e. The lowest BCUT2D eigenvalue weighted by molar-refractivity contribution is 0.0856. The van der Waals surface area contributed by atoms with Crippen LogP contribution in [-0.2, 0) is 0 Å². The molecule has 0 spiro atoms. The summed E-state index contributed by atoms with van der Waals surface area (Å²) in [6.45, 7) is 4.98. The van der Waals surface area contributed by atoms with Gasteiger partial charge in [0.25, 0.3) is 0 Å². The Hall–Kier alpha value is -0.120. The number of piperidine rings is 3. The predicted octanol–water partition coefficient (Wildman–Crippen LogP) is 3.30. The van der Waals surface area contributed by atoms with Gasteiger partial charge in [0.1, 0.15) is 0 Å². The van der Waals surface area contributed by atoms with Crippen molar-refractivity contribution in [2.45, 2.75) is 82.7 Å². The van der Waals surface area contributed by atoms with Gasteiger partial charge in [0.2, 0.25) is 0 Å². The second kappa shape index (κ2) is 8.51. The van der Waals surface area contributed by atoms with Gasteiger partial charge in [-0.1, -0.05) is 32.1 Å². The lowest BCUT2D eigenvalue weighted by atomic mass is 9.68. The summed E-state index contributed by atoms with van der Waals surface area (Å²) in [6, 6.07) is 1.63. The van der Waals surface area contributed by atoms with Gasteiger partial charge in [0, 0.05) is 12.1 Å². The summed E-state index contributed by atoms with van der Waals surface area (Å²) >= 11 is 0. The molecule has 3 aliphatic heterocycles. The third-order valence-corrected chi connectivity index (χ3v) is 7.76. The third kappa shape index (κ3) is 4.16. The van der Waals surface area contributed by atoms with Crippen LogP contribution in [0.15, 0.2) is 0 Å². The topological polar surface area (TPSA) is 36.1 Å². The Morgan fingerprint density at radius 3 is 1.46 bits per heavy atom. The van der Waals surface area contributed by atoms with Gasteiger partial charge in [-0.05, 0) is 88.4 Å². The molecule has 3 heterocycles. The van der Waals surface area contributed by atoms with E-state index < -0.39 is 0 Å². The van der Waals surface area contributed by atoms with E-state index in [0.717, 1.165) is 35.8 Å². The minimum atomic E-state index is 0.813. The van der Waals surface area contributed by atoms with Crippen molar-refractivity contribution in [1.82, 2.24) is 16.0 Å². The summed E-state index contributed by atoms with van der Waals surface area (Å²) in [5, 5.41) is 11.3. The van der Waals surface area contributed by atoms with Gasteiger partial charge in [0.15, 0.2) is 0 Å². The number of rotatable bonds is 3. The normalized spacial score (nSPS) is 38.2. The van der Waals surface area contributed by atoms with E-state index in [9.17, 15) is 0 Å². The zero-order chi connectivity index (χ0) is 16.2. The molecular weight excluding hydrogens is 294 g/mol. The van der Waals surface area contributed by atoms with Crippen LogP contribution in [-0.4, -0.2) is 38.3 Å². The van der Waals surface area contributed by atoms with Gasteiger partial charge in [0.05, 0.1) is 0 Å². The minimum absolute atomic E-state index is 0.813. The Kier molecular flexibility index (Phi) is 6.13. The van der Waals surface area contributed by atoms with Crippen molar-refractivity contribution >= 4 is 0 Å². The van der Waals surface area contributed by atoms with Gasteiger partial charge in [-0.15, -0.1) is 0 Å². The molecule has 24 heavy (non-hydrogen) atoms. The first-order chi connectivity index (χ1) is 11.9. The van der Waals surface area contributed by atoms with E-state index in [0.29, 0.717) is 0 Å². The molecule has 1 saturated carbocycles. The Morgan fingerprint density at radius 2 is 0.958 bits per heavy atom. The van der Waals surface area contributed by atoms with E-state index in [1.54, 1.807) is 0 Å². The molecule has 0 bridgehead atoms. The monoisotopic (exact) mass is 333 g/mol. The molecule has 4 rings (SSSR count). The quantitative estimate of drug-likeness (QED) is 0.742. The van der Waals surface area contributed by atoms with Crippen molar-refractivity contribution in [3.8, 4) is 0 Å². The van der Waals surface area contributed by atoms with Gasteiger partial charge in [-0.25, -0.2) is 0 Å². The first-order valence-electron chi connectivity index (χ1n) is 11.1. The molecule has 0 aromatic carbocycles. The molecule has 0 radical (unpaired) electrons. The van der Waals surface area contributed by atoms with E-state index >= 15 is 0 Å². The Bertz CT molecular complexity index is 304. The van der Waals surface area contributed by atoms with Gasteiger partial charge in [-0.3, -0.25) is 0 Å². The van der Waals surface area contributed by atoms with Crippen LogP contribution in [0.25, 0.3) is 0 Å². The molecule has 4 fully saturated rings. The molecule has 3 N–H and O–H groups in total. The van der Waals surface area contributed by atoms with Crippen LogP contribution < -0.4 is 16.0 Å². The minimum Gasteiger partial charge on any atom is -0.317 e. The zero-order valence-corrected chi connectivity index (χ0v) is 15.6. The summed E-state index contributed by atoms with van der Waals surface area (Å²) in [5.41, 5.74) is 0. The van der Waals surface area contributed by atoms with Crippen LogP contribution in [0.1, 0.15) is 70.6 Å². The van der Waals surface area contributed by atoms with Gasteiger partial charge in [-0.2, -0.15) is 0 Å². The summed E-state index contributed by atoms with van der Waals surface area (Å²) in [6.07, 6.45) is 16.1. The van der Waals surface area contributed by atoms with Crippen molar-refractivity contribution in [2.24, 2.45) is 23.7 Å². The fourth-order valence-corrected chi connectivity index (χ4v) is 6.30. The number of hydrogen-bond donors (Lipinski definition) is 3. The lowest BCUT2D eigenvalue weighted by Gasteiger charge is -2.47. The van der Waals surface area contributed by atoms with Crippen LogP contribution in [0.3, 0.4) is 0 Å². The molecule has 4 aliphatic rings. The first-order valence-corrected chi connectivity index (χ1v) is 11.1.